The number of hydrogen-bond donors (Lipinski definition) is 2. The average molecular weight is 309 g/mol. The number of nitrogens with one attached hydrogen (secondary N) is 1. The van der Waals surface area contributed by atoms with Crippen molar-refractivity contribution < 1.29 is 18.7 Å². The lowest BCUT2D eigenvalue weighted by Gasteiger charge is -2.07. The predicted molar refractivity (Wildman–Crippen MR) is 78.0 cm³/mol. The summed E-state index contributed by atoms with van der Waals surface area (Å²) < 4.78 is 25.7. The molecule has 118 valence electrons. The van der Waals surface area contributed by atoms with Crippen LogP contribution in [0.1, 0.15) is 17.5 Å². The molecule has 0 aliphatic carbocycles. The number of nitrogens with zero attached hydrogens (tertiary/aromatic N) is 2. The molecule has 0 spiro atoms. The van der Waals surface area contributed by atoms with Gasteiger partial charge in [-0.25, -0.2) is 8.78 Å². The molecule has 0 fully saturated rings. The summed E-state index contributed by atoms with van der Waals surface area (Å²) in [6.07, 6.45) is 1.25. The van der Waals surface area contributed by atoms with Crippen LogP contribution in [0.2, 0.25) is 0 Å². The molecule has 0 bridgehead atoms. The molecule has 2 rings (SSSR count). The Hall–Kier alpha value is -2.44. The van der Waals surface area contributed by atoms with Crippen molar-refractivity contribution in [2.45, 2.75) is 32.4 Å². The molecule has 2 N–H and O–H groups in total. The Kier molecular flexibility index (Phi) is 5.46. The molecule has 0 amide bonds. The van der Waals surface area contributed by atoms with Gasteiger partial charge in [-0.2, -0.15) is 5.10 Å². The summed E-state index contributed by atoms with van der Waals surface area (Å²) in [5, 5.41) is 15.7. The first kappa shape index (κ1) is 15.9. The quantitative estimate of drug-likeness (QED) is 0.787. The van der Waals surface area contributed by atoms with E-state index in [0.29, 0.717) is 13.0 Å². The van der Waals surface area contributed by atoms with Gasteiger partial charge in [0, 0.05) is 30.4 Å². The number of anilines is 1. The second-order valence-corrected chi connectivity index (χ2v) is 4.91. The number of benzene rings is 1. The van der Waals surface area contributed by atoms with Crippen molar-refractivity contribution in [3.63, 3.8) is 0 Å². The molecule has 1 aromatic carbocycles. The Morgan fingerprint density at radius 2 is 2.18 bits per heavy atom. The minimum absolute atomic E-state index is 0.0872. The fourth-order valence-electron chi connectivity index (χ4n) is 2.03. The summed E-state index contributed by atoms with van der Waals surface area (Å²) in [6.45, 7) is 0.0519. The van der Waals surface area contributed by atoms with Gasteiger partial charge in [0.2, 0.25) is 0 Å². The van der Waals surface area contributed by atoms with Crippen molar-refractivity contribution in [2.75, 3.05) is 5.32 Å². The maximum Gasteiger partial charge on any atom is 0.303 e. The zero-order valence-corrected chi connectivity index (χ0v) is 11.9. The highest BCUT2D eigenvalue weighted by molar-refractivity contribution is 5.67. The van der Waals surface area contributed by atoms with Crippen LogP contribution in [0.5, 0.6) is 0 Å². The largest absolute Gasteiger partial charge is 0.481 e. The number of aryl methyl sites for hydroxylation is 1. The second kappa shape index (κ2) is 7.53. The van der Waals surface area contributed by atoms with Gasteiger partial charge in [-0.3, -0.25) is 9.48 Å². The molecule has 7 heteroatoms. The van der Waals surface area contributed by atoms with Crippen LogP contribution in [0, 0.1) is 0 Å². The van der Waals surface area contributed by atoms with E-state index in [4.69, 9.17) is 5.11 Å². The van der Waals surface area contributed by atoms with E-state index in [2.05, 4.69) is 10.4 Å². The maximum absolute atomic E-state index is 12.2. The zero-order chi connectivity index (χ0) is 15.9. The normalized spacial score (nSPS) is 10.9. The van der Waals surface area contributed by atoms with Crippen LogP contribution in [-0.4, -0.2) is 27.3 Å². The van der Waals surface area contributed by atoms with Gasteiger partial charge in [-0.1, -0.05) is 12.1 Å². The van der Waals surface area contributed by atoms with Crippen molar-refractivity contribution in [2.24, 2.45) is 0 Å². The van der Waals surface area contributed by atoms with Crippen molar-refractivity contribution in [3.8, 4) is 0 Å². The number of rotatable bonds is 8. The Morgan fingerprint density at radius 1 is 1.36 bits per heavy atom. The summed E-state index contributed by atoms with van der Waals surface area (Å²) in [5.41, 5.74) is 2.59. The molecule has 2 aromatic rings. The lowest BCUT2D eigenvalue weighted by Crippen LogP contribution is -2.06. The molecular formula is C15H17F2N3O2. The van der Waals surface area contributed by atoms with E-state index in [1.807, 2.05) is 24.3 Å². The summed E-state index contributed by atoms with van der Waals surface area (Å²) in [4.78, 5) is 10.6. The van der Waals surface area contributed by atoms with E-state index in [1.54, 1.807) is 12.4 Å². The van der Waals surface area contributed by atoms with E-state index in [-0.39, 0.29) is 6.42 Å². The van der Waals surface area contributed by atoms with E-state index >= 15 is 0 Å². The number of carboxylic acid groups (broad SMARTS) is 1. The Balaban J connectivity index is 1.89. The third kappa shape index (κ3) is 5.16. The third-order valence-corrected chi connectivity index (χ3v) is 3.06. The number of hydrogen-bond acceptors (Lipinski definition) is 3. The molecule has 1 heterocycles. The predicted octanol–water partition coefficient (Wildman–Crippen LogP) is 2.78. The second-order valence-electron chi connectivity index (χ2n) is 4.91. The summed E-state index contributed by atoms with van der Waals surface area (Å²) >= 11 is 0. The first-order chi connectivity index (χ1) is 10.5. The van der Waals surface area contributed by atoms with Crippen molar-refractivity contribution in [1.29, 1.82) is 0 Å². The smallest absolute Gasteiger partial charge is 0.303 e. The molecule has 1 aromatic heterocycles. The van der Waals surface area contributed by atoms with Crippen molar-refractivity contribution in [3.05, 3.63) is 47.8 Å². The van der Waals surface area contributed by atoms with Gasteiger partial charge in [-0.05, 0) is 24.1 Å². The van der Waals surface area contributed by atoms with Crippen LogP contribution in [0.25, 0.3) is 0 Å². The van der Waals surface area contributed by atoms with E-state index < -0.39 is 18.9 Å². The molecule has 0 aliphatic rings. The topological polar surface area (TPSA) is 67.2 Å². The first-order valence-corrected chi connectivity index (χ1v) is 6.87. The lowest BCUT2D eigenvalue weighted by atomic mass is 10.1. The average Bonchev–Trinajstić information content (AvgIpc) is 2.90. The summed E-state index contributed by atoms with van der Waals surface area (Å²) in [5.74, 6) is -0.829. The van der Waals surface area contributed by atoms with Crippen LogP contribution in [0.4, 0.5) is 14.5 Å². The number of aliphatic carboxylic acids is 1. The SMILES string of the molecule is O=C(O)CCc1cccc(NCc2cnn(CC(F)F)c2)c1. The minimum Gasteiger partial charge on any atom is -0.481 e. The highest BCUT2D eigenvalue weighted by Gasteiger charge is 2.06. The van der Waals surface area contributed by atoms with Gasteiger partial charge >= 0.3 is 5.97 Å². The molecule has 0 saturated carbocycles. The minimum atomic E-state index is -2.42. The fraction of sp³-hybridized carbons (Fsp3) is 0.333. The van der Waals surface area contributed by atoms with Crippen LogP contribution in [0.3, 0.4) is 0 Å². The highest BCUT2D eigenvalue weighted by atomic mass is 19.3. The van der Waals surface area contributed by atoms with Gasteiger partial charge in [0.25, 0.3) is 6.43 Å². The molecule has 0 unspecified atom stereocenters. The van der Waals surface area contributed by atoms with Gasteiger partial charge < -0.3 is 10.4 Å². The van der Waals surface area contributed by atoms with E-state index in [1.165, 1.54) is 4.68 Å². The molecule has 0 atom stereocenters. The number of carboxylic acids is 1. The van der Waals surface area contributed by atoms with Crippen LogP contribution in [-0.2, 0) is 24.3 Å². The molecule has 22 heavy (non-hydrogen) atoms. The number of halogens is 2. The van der Waals surface area contributed by atoms with Gasteiger partial charge in [0.1, 0.15) is 6.54 Å². The van der Waals surface area contributed by atoms with Crippen LogP contribution < -0.4 is 5.32 Å². The Bertz CT molecular complexity index is 629. The lowest BCUT2D eigenvalue weighted by molar-refractivity contribution is -0.136. The number of carbonyl (C=O) groups is 1. The van der Waals surface area contributed by atoms with Gasteiger partial charge in [0.15, 0.2) is 0 Å². The van der Waals surface area contributed by atoms with Crippen LogP contribution in [0.15, 0.2) is 36.7 Å². The fourth-order valence-corrected chi connectivity index (χ4v) is 2.03. The van der Waals surface area contributed by atoms with Gasteiger partial charge in [-0.15, -0.1) is 0 Å². The first-order valence-electron chi connectivity index (χ1n) is 6.87. The molecule has 0 radical (unpaired) electrons. The zero-order valence-electron chi connectivity index (χ0n) is 11.9. The van der Waals surface area contributed by atoms with E-state index in [9.17, 15) is 13.6 Å². The molecular weight excluding hydrogens is 292 g/mol. The maximum atomic E-state index is 12.2. The van der Waals surface area contributed by atoms with Crippen LogP contribution >= 0.6 is 0 Å². The van der Waals surface area contributed by atoms with E-state index in [0.717, 1.165) is 16.8 Å². The summed E-state index contributed by atoms with van der Waals surface area (Å²) in [7, 11) is 0. The monoisotopic (exact) mass is 309 g/mol. The standard InChI is InChI=1S/C15H17F2N3O2/c16-14(17)10-20-9-12(8-19-20)7-18-13-3-1-2-11(6-13)4-5-15(21)22/h1-3,6,8-9,14,18H,4-5,7,10H2,(H,21,22). The Labute approximate surface area is 126 Å². The molecule has 5 nitrogen and oxygen atoms in total. The Morgan fingerprint density at radius 3 is 2.91 bits per heavy atom. The van der Waals surface area contributed by atoms with Crippen molar-refractivity contribution >= 4 is 11.7 Å². The molecule has 0 aliphatic heterocycles. The molecule has 0 saturated heterocycles. The van der Waals surface area contributed by atoms with Crippen molar-refractivity contribution in [1.82, 2.24) is 9.78 Å². The number of alkyl halides is 2. The van der Waals surface area contributed by atoms with Gasteiger partial charge in [0.05, 0.1) is 6.20 Å². The number of aromatic nitrogens is 2. The highest BCUT2D eigenvalue weighted by Crippen LogP contribution is 2.14. The third-order valence-electron chi connectivity index (χ3n) is 3.06. The summed E-state index contributed by atoms with van der Waals surface area (Å²) in [6, 6.07) is 7.47.